The minimum absolute atomic E-state index is 0.223. The van der Waals surface area contributed by atoms with Gasteiger partial charge in [0.05, 0.1) is 34.0 Å². The van der Waals surface area contributed by atoms with Gasteiger partial charge in [0.25, 0.3) is 0 Å². The Morgan fingerprint density at radius 3 is 2.68 bits per heavy atom. The van der Waals surface area contributed by atoms with Gasteiger partial charge in [0.15, 0.2) is 0 Å². The molecule has 2 heterocycles. The standard InChI is InChI=1S/C22H19N5S/c1-15-6-8-16(9-7-15)11-13-24-22-25-14-17(18(27-22)10-12-23)21-26-19-4-2-3-5-20(19)28-21/h2-9,14H,10-11,13H2,1H3,(H,24,25,27). The van der Waals surface area contributed by atoms with E-state index in [-0.39, 0.29) is 6.42 Å². The second-order valence-electron chi connectivity index (χ2n) is 6.54. The number of thiazole rings is 1. The van der Waals surface area contributed by atoms with Crippen LogP contribution in [0.2, 0.25) is 0 Å². The van der Waals surface area contributed by atoms with Gasteiger partial charge in [0.2, 0.25) is 5.95 Å². The highest BCUT2D eigenvalue weighted by Gasteiger charge is 2.13. The van der Waals surface area contributed by atoms with Gasteiger partial charge in [-0.3, -0.25) is 0 Å². The van der Waals surface area contributed by atoms with E-state index >= 15 is 0 Å². The van der Waals surface area contributed by atoms with Crippen LogP contribution in [0.3, 0.4) is 0 Å². The van der Waals surface area contributed by atoms with E-state index in [0.717, 1.165) is 33.8 Å². The Morgan fingerprint density at radius 1 is 1.07 bits per heavy atom. The first kappa shape index (κ1) is 18.1. The number of aromatic nitrogens is 3. The number of hydrogen-bond acceptors (Lipinski definition) is 6. The third-order valence-electron chi connectivity index (χ3n) is 4.46. The lowest BCUT2D eigenvalue weighted by Crippen LogP contribution is -2.09. The summed E-state index contributed by atoms with van der Waals surface area (Å²) in [5.41, 5.74) is 5.00. The second kappa shape index (κ2) is 8.15. The molecule has 4 aromatic rings. The lowest BCUT2D eigenvalue weighted by molar-refractivity contribution is 0.967. The molecule has 138 valence electrons. The first-order chi connectivity index (χ1) is 13.7. The summed E-state index contributed by atoms with van der Waals surface area (Å²) in [6.07, 6.45) is 2.88. The maximum Gasteiger partial charge on any atom is 0.222 e. The molecule has 28 heavy (non-hydrogen) atoms. The van der Waals surface area contributed by atoms with Crippen LogP contribution in [-0.4, -0.2) is 21.5 Å². The molecule has 0 saturated heterocycles. The molecule has 0 atom stereocenters. The predicted octanol–water partition coefficient (Wildman–Crippen LogP) is 4.78. The van der Waals surface area contributed by atoms with Crippen LogP contribution in [-0.2, 0) is 12.8 Å². The quantitative estimate of drug-likeness (QED) is 0.517. The fourth-order valence-corrected chi connectivity index (χ4v) is 3.95. The zero-order valence-electron chi connectivity index (χ0n) is 15.5. The van der Waals surface area contributed by atoms with Gasteiger partial charge >= 0.3 is 0 Å². The highest BCUT2D eigenvalue weighted by atomic mass is 32.1. The van der Waals surface area contributed by atoms with Crippen molar-refractivity contribution in [1.29, 1.82) is 5.26 Å². The van der Waals surface area contributed by atoms with Crippen molar-refractivity contribution in [2.45, 2.75) is 19.8 Å². The van der Waals surface area contributed by atoms with Crippen molar-refractivity contribution >= 4 is 27.5 Å². The minimum Gasteiger partial charge on any atom is -0.354 e. The molecule has 0 saturated carbocycles. The maximum atomic E-state index is 9.22. The molecular formula is C22H19N5S. The summed E-state index contributed by atoms with van der Waals surface area (Å²) < 4.78 is 1.11. The Kier molecular flexibility index (Phi) is 5.27. The summed E-state index contributed by atoms with van der Waals surface area (Å²) in [5, 5.41) is 13.3. The number of aryl methyl sites for hydroxylation is 1. The Labute approximate surface area is 167 Å². The van der Waals surface area contributed by atoms with Crippen LogP contribution in [0.1, 0.15) is 16.8 Å². The molecule has 6 heteroatoms. The van der Waals surface area contributed by atoms with Crippen LogP contribution in [0.4, 0.5) is 5.95 Å². The summed E-state index contributed by atoms with van der Waals surface area (Å²) in [6, 6.07) is 18.7. The molecule has 0 spiro atoms. The molecular weight excluding hydrogens is 366 g/mol. The second-order valence-corrected chi connectivity index (χ2v) is 7.57. The van der Waals surface area contributed by atoms with Crippen LogP contribution >= 0.6 is 11.3 Å². The number of nitrogens with zero attached hydrogens (tertiary/aromatic N) is 4. The highest BCUT2D eigenvalue weighted by molar-refractivity contribution is 7.21. The Hall–Kier alpha value is -3.30. The van der Waals surface area contributed by atoms with Crippen molar-refractivity contribution in [3.05, 3.63) is 71.5 Å². The van der Waals surface area contributed by atoms with E-state index in [0.29, 0.717) is 11.6 Å². The highest BCUT2D eigenvalue weighted by Crippen LogP contribution is 2.31. The van der Waals surface area contributed by atoms with E-state index in [4.69, 9.17) is 0 Å². The van der Waals surface area contributed by atoms with Gasteiger partial charge in [-0.1, -0.05) is 42.0 Å². The van der Waals surface area contributed by atoms with Crippen LogP contribution in [0.25, 0.3) is 20.8 Å². The SMILES string of the molecule is Cc1ccc(CCNc2ncc(-c3nc4ccccc4s3)c(CC#N)n2)cc1. The third-order valence-corrected chi connectivity index (χ3v) is 5.53. The number of rotatable bonds is 6. The van der Waals surface area contributed by atoms with Crippen molar-refractivity contribution in [2.24, 2.45) is 0 Å². The van der Waals surface area contributed by atoms with Crippen molar-refractivity contribution in [1.82, 2.24) is 15.0 Å². The minimum atomic E-state index is 0.223. The summed E-state index contributed by atoms with van der Waals surface area (Å²) >= 11 is 1.59. The number of nitriles is 1. The molecule has 0 amide bonds. The zero-order valence-corrected chi connectivity index (χ0v) is 16.3. The van der Waals surface area contributed by atoms with E-state index < -0.39 is 0 Å². The number of para-hydroxylation sites is 1. The average Bonchev–Trinajstić information content (AvgIpc) is 3.14. The first-order valence-electron chi connectivity index (χ1n) is 9.11. The zero-order chi connectivity index (χ0) is 19.3. The molecule has 5 nitrogen and oxygen atoms in total. The molecule has 2 aromatic heterocycles. The molecule has 0 aliphatic rings. The molecule has 1 N–H and O–H groups in total. The normalized spacial score (nSPS) is 10.7. The summed E-state index contributed by atoms with van der Waals surface area (Å²) in [5.74, 6) is 0.544. The van der Waals surface area contributed by atoms with Crippen LogP contribution in [0.5, 0.6) is 0 Å². The molecule has 0 fully saturated rings. The summed E-state index contributed by atoms with van der Waals surface area (Å²) in [4.78, 5) is 13.7. The van der Waals surface area contributed by atoms with Crippen molar-refractivity contribution < 1.29 is 0 Å². The molecule has 0 aliphatic carbocycles. The summed E-state index contributed by atoms with van der Waals surface area (Å²) in [6.45, 7) is 2.81. The molecule has 0 bridgehead atoms. The van der Waals surface area contributed by atoms with Crippen molar-refractivity contribution in [2.75, 3.05) is 11.9 Å². The number of fused-ring (bicyclic) bond motifs is 1. The Bertz CT molecular complexity index is 1110. The Balaban J connectivity index is 1.53. The predicted molar refractivity (Wildman–Crippen MR) is 113 cm³/mol. The van der Waals surface area contributed by atoms with Gasteiger partial charge in [-0.15, -0.1) is 11.3 Å². The van der Waals surface area contributed by atoms with Gasteiger partial charge in [0, 0.05) is 12.7 Å². The lowest BCUT2D eigenvalue weighted by atomic mass is 10.1. The topological polar surface area (TPSA) is 74.5 Å². The number of hydrogen-bond donors (Lipinski definition) is 1. The fraction of sp³-hybridized carbons (Fsp3) is 0.182. The number of nitrogens with one attached hydrogen (secondary N) is 1. The number of benzene rings is 2. The van der Waals surface area contributed by atoms with E-state index in [1.54, 1.807) is 17.5 Å². The van der Waals surface area contributed by atoms with Crippen LogP contribution in [0.15, 0.2) is 54.7 Å². The average molecular weight is 385 g/mol. The van der Waals surface area contributed by atoms with E-state index in [9.17, 15) is 5.26 Å². The molecule has 0 radical (unpaired) electrons. The van der Waals surface area contributed by atoms with Gasteiger partial charge in [-0.25, -0.2) is 15.0 Å². The largest absolute Gasteiger partial charge is 0.354 e. The van der Waals surface area contributed by atoms with E-state index in [1.807, 2.05) is 24.3 Å². The van der Waals surface area contributed by atoms with E-state index in [1.165, 1.54) is 11.1 Å². The van der Waals surface area contributed by atoms with E-state index in [2.05, 4.69) is 57.5 Å². The third kappa shape index (κ3) is 4.00. The Morgan fingerprint density at radius 2 is 1.89 bits per heavy atom. The molecule has 0 aliphatic heterocycles. The van der Waals surface area contributed by atoms with Gasteiger partial charge < -0.3 is 5.32 Å². The first-order valence-corrected chi connectivity index (χ1v) is 9.93. The van der Waals surface area contributed by atoms with Crippen molar-refractivity contribution in [3.63, 3.8) is 0 Å². The maximum absolute atomic E-state index is 9.22. The van der Waals surface area contributed by atoms with Crippen molar-refractivity contribution in [3.8, 4) is 16.6 Å². The molecule has 4 rings (SSSR count). The van der Waals surface area contributed by atoms with Crippen LogP contribution in [0, 0.1) is 18.3 Å². The summed E-state index contributed by atoms with van der Waals surface area (Å²) in [7, 11) is 0. The lowest BCUT2D eigenvalue weighted by Gasteiger charge is -2.08. The van der Waals surface area contributed by atoms with Gasteiger partial charge in [-0.05, 0) is 31.0 Å². The van der Waals surface area contributed by atoms with Gasteiger partial charge in [-0.2, -0.15) is 5.26 Å². The van der Waals surface area contributed by atoms with Crippen LogP contribution < -0.4 is 5.32 Å². The number of anilines is 1. The fourth-order valence-electron chi connectivity index (χ4n) is 2.95. The van der Waals surface area contributed by atoms with Gasteiger partial charge in [0.1, 0.15) is 5.01 Å². The monoisotopic (exact) mass is 385 g/mol. The smallest absolute Gasteiger partial charge is 0.222 e. The molecule has 0 unspecified atom stereocenters. The molecule has 2 aromatic carbocycles.